The summed E-state index contributed by atoms with van der Waals surface area (Å²) in [7, 11) is 0. The average molecular weight is 308 g/mol. The lowest BCUT2D eigenvalue weighted by Crippen LogP contribution is -2.29. The highest BCUT2D eigenvalue weighted by Crippen LogP contribution is 2.35. The summed E-state index contributed by atoms with van der Waals surface area (Å²) in [6, 6.07) is 2.85. The first kappa shape index (κ1) is 16.2. The maximum Gasteiger partial charge on any atom is 0.338 e. The van der Waals surface area contributed by atoms with Gasteiger partial charge in [0.2, 0.25) is 0 Å². The minimum atomic E-state index is -1.19. The summed E-state index contributed by atoms with van der Waals surface area (Å²) >= 11 is 0. The van der Waals surface area contributed by atoms with Crippen LogP contribution in [0.1, 0.15) is 48.5 Å². The minimum Gasteiger partial charge on any atom is -0.478 e. The Labute approximate surface area is 128 Å². The molecule has 3 N–H and O–H groups in total. The fourth-order valence-electron chi connectivity index (χ4n) is 2.88. The lowest BCUT2D eigenvalue weighted by atomic mass is 9.92. The molecule has 120 valence electrons. The van der Waals surface area contributed by atoms with Gasteiger partial charge in [-0.25, -0.2) is 4.79 Å². The fourth-order valence-corrected chi connectivity index (χ4v) is 2.88. The predicted molar refractivity (Wildman–Crippen MR) is 81.3 cm³/mol. The van der Waals surface area contributed by atoms with Crippen LogP contribution in [0.25, 0.3) is 0 Å². The number of aliphatic hydroxyl groups excluding tert-OH is 1. The second kappa shape index (κ2) is 6.74. The summed E-state index contributed by atoms with van der Waals surface area (Å²) in [4.78, 5) is 22.3. The Kier molecular flexibility index (Phi) is 4.97. The maximum atomic E-state index is 11.4. The number of aromatic carboxylic acids is 1. The van der Waals surface area contributed by atoms with Crippen molar-refractivity contribution >= 4 is 17.3 Å². The summed E-state index contributed by atoms with van der Waals surface area (Å²) < 4.78 is 0. The lowest BCUT2D eigenvalue weighted by molar-refractivity contribution is -0.384. The molecular formula is C15H20N2O5. The molecule has 0 atom stereocenters. The Hall–Kier alpha value is -2.15. The molecule has 0 aromatic heterocycles. The third kappa shape index (κ3) is 3.36. The van der Waals surface area contributed by atoms with Crippen molar-refractivity contribution in [1.82, 2.24) is 0 Å². The molecule has 0 heterocycles. The standard InChI is InChI=1S/C15H20N2O5/c1-2-9-3-8-12(15(19)20)13(14(9)17(21)22)16-10-4-6-11(18)7-5-10/h3,8,10-11,16,18H,2,4-7H2,1H3,(H,19,20)/t10-,11-. The van der Waals surface area contributed by atoms with Crippen molar-refractivity contribution in [3.05, 3.63) is 33.4 Å². The number of nitrogens with one attached hydrogen (secondary N) is 1. The van der Waals surface area contributed by atoms with Crippen LogP contribution >= 0.6 is 0 Å². The number of benzene rings is 1. The van der Waals surface area contributed by atoms with Crippen LogP contribution in [0.15, 0.2) is 12.1 Å². The van der Waals surface area contributed by atoms with E-state index >= 15 is 0 Å². The van der Waals surface area contributed by atoms with Gasteiger partial charge in [0.05, 0.1) is 16.6 Å². The van der Waals surface area contributed by atoms with Gasteiger partial charge in [-0.15, -0.1) is 0 Å². The van der Waals surface area contributed by atoms with Crippen molar-refractivity contribution in [3.8, 4) is 0 Å². The van der Waals surface area contributed by atoms with Crippen LogP contribution < -0.4 is 5.32 Å². The van der Waals surface area contributed by atoms with E-state index in [2.05, 4.69) is 5.32 Å². The number of carboxylic acids is 1. The molecule has 0 spiro atoms. The summed E-state index contributed by atoms with van der Waals surface area (Å²) in [5.41, 5.74) is 0.343. The number of nitrogens with zero attached hydrogens (tertiary/aromatic N) is 1. The van der Waals surface area contributed by atoms with E-state index in [1.165, 1.54) is 12.1 Å². The lowest BCUT2D eigenvalue weighted by Gasteiger charge is -2.27. The Bertz CT molecular complexity index is 580. The molecule has 1 aliphatic rings. The van der Waals surface area contributed by atoms with Gasteiger partial charge in [0.15, 0.2) is 0 Å². The number of nitro groups is 1. The van der Waals surface area contributed by atoms with Gasteiger partial charge >= 0.3 is 5.97 Å². The number of carbonyl (C=O) groups is 1. The summed E-state index contributed by atoms with van der Waals surface area (Å²) in [6.45, 7) is 1.80. The van der Waals surface area contributed by atoms with E-state index in [0.29, 0.717) is 37.7 Å². The monoisotopic (exact) mass is 308 g/mol. The summed E-state index contributed by atoms with van der Waals surface area (Å²) in [5.74, 6) is -1.19. The van der Waals surface area contributed by atoms with E-state index in [9.17, 15) is 25.1 Å². The molecule has 0 saturated heterocycles. The van der Waals surface area contributed by atoms with Gasteiger partial charge in [0, 0.05) is 11.6 Å². The quantitative estimate of drug-likeness (QED) is 0.569. The number of hydrogen-bond acceptors (Lipinski definition) is 5. The zero-order valence-corrected chi connectivity index (χ0v) is 12.4. The SMILES string of the molecule is CCc1ccc(C(=O)O)c(N[C@H]2CC[C@H](O)CC2)c1[N+](=O)[O-]. The van der Waals surface area contributed by atoms with Gasteiger partial charge in [-0.2, -0.15) is 0 Å². The van der Waals surface area contributed by atoms with E-state index in [4.69, 9.17) is 0 Å². The molecule has 1 fully saturated rings. The molecule has 1 aromatic carbocycles. The van der Waals surface area contributed by atoms with Crippen molar-refractivity contribution in [2.24, 2.45) is 0 Å². The number of aliphatic hydroxyl groups is 1. The minimum absolute atomic E-state index is 0.0627. The molecule has 7 heteroatoms. The van der Waals surface area contributed by atoms with Gasteiger partial charge in [-0.3, -0.25) is 10.1 Å². The van der Waals surface area contributed by atoms with E-state index in [0.717, 1.165) is 0 Å². The first-order chi connectivity index (χ1) is 10.4. The van der Waals surface area contributed by atoms with Gasteiger partial charge in [-0.1, -0.05) is 13.0 Å². The smallest absolute Gasteiger partial charge is 0.338 e. The van der Waals surface area contributed by atoms with Crippen molar-refractivity contribution in [3.63, 3.8) is 0 Å². The number of aryl methyl sites for hydroxylation is 1. The molecule has 0 aliphatic heterocycles. The second-order valence-corrected chi connectivity index (χ2v) is 5.56. The Morgan fingerprint density at radius 3 is 2.50 bits per heavy atom. The zero-order chi connectivity index (χ0) is 16.3. The molecule has 1 aliphatic carbocycles. The molecule has 0 amide bonds. The van der Waals surface area contributed by atoms with E-state index in [-0.39, 0.29) is 29.1 Å². The number of nitro benzene ring substituents is 1. The average Bonchev–Trinajstić information content (AvgIpc) is 2.48. The molecule has 1 aromatic rings. The molecule has 0 radical (unpaired) electrons. The Balaban J connectivity index is 2.41. The Morgan fingerprint density at radius 1 is 1.36 bits per heavy atom. The first-order valence-electron chi connectivity index (χ1n) is 7.42. The van der Waals surface area contributed by atoms with E-state index in [1.807, 2.05) is 0 Å². The van der Waals surface area contributed by atoms with Gasteiger partial charge in [-0.05, 0) is 38.2 Å². The predicted octanol–water partition coefficient (Wildman–Crippen LogP) is 2.57. The van der Waals surface area contributed by atoms with Gasteiger partial charge in [0.1, 0.15) is 5.69 Å². The first-order valence-corrected chi connectivity index (χ1v) is 7.42. The van der Waals surface area contributed by atoms with Crippen molar-refractivity contribution < 1.29 is 19.9 Å². The van der Waals surface area contributed by atoms with Gasteiger partial charge < -0.3 is 15.5 Å². The molecule has 22 heavy (non-hydrogen) atoms. The highest BCUT2D eigenvalue weighted by molar-refractivity contribution is 5.97. The zero-order valence-electron chi connectivity index (χ0n) is 12.4. The van der Waals surface area contributed by atoms with Crippen LogP contribution in [0.3, 0.4) is 0 Å². The Morgan fingerprint density at radius 2 is 2.00 bits per heavy atom. The van der Waals surface area contributed by atoms with E-state index in [1.54, 1.807) is 6.92 Å². The van der Waals surface area contributed by atoms with Crippen molar-refractivity contribution in [1.29, 1.82) is 0 Å². The third-order valence-electron chi connectivity index (χ3n) is 4.10. The normalized spacial score (nSPS) is 21.4. The van der Waals surface area contributed by atoms with Crippen LogP contribution in [0.2, 0.25) is 0 Å². The summed E-state index contributed by atoms with van der Waals surface area (Å²) in [5, 5.41) is 33.3. The molecule has 7 nitrogen and oxygen atoms in total. The van der Waals surface area contributed by atoms with Crippen LogP contribution in [0, 0.1) is 10.1 Å². The number of rotatable bonds is 5. The third-order valence-corrected chi connectivity index (χ3v) is 4.10. The van der Waals surface area contributed by atoms with Crippen molar-refractivity contribution in [2.75, 3.05) is 5.32 Å². The second-order valence-electron chi connectivity index (χ2n) is 5.56. The number of hydrogen-bond donors (Lipinski definition) is 3. The molecule has 0 unspecified atom stereocenters. The maximum absolute atomic E-state index is 11.4. The highest BCUT2D eigenvalue weighted by Gasteiger charge is 2.28. The van der Waals surface area contributed by atoms with E-state index < -0.39 is 10.9 Å². The molecule has 0 bridgehead atoms. The largest absolute Gasteiger partial charge is 0.478 e. The molecular weight excluding hydrogens is 288 g/mol. The van der Waals surface area contributed by atoms with Crippen molar-refractivity contribution in [2.45, 2.75) is 51.2 Å². The number of carboxylic acid groups (broad SMARTS) is 1. The topological polar surface area (TPSA) is 113 Å². The highest BCUT2D eigenvalue weighted by atomic mass is 16.6. The molecule has 2 rings (SSSR count). The summed E-state index contributed by atoms with van der Waals surface area (Å²) in [6.07, 6.45) is 2.66. The van der Waals surface area contributed by atoms with Gasteiger partial charge in [0.25, 0.3) is 5.69 Å². The van der Waals surface area contributed by atoms with Crippen LogP contribution in [-0.4, -0.2) is 33.3 Å². The fraction of sp³-hybridized carbons (Fsp3) is 0.533. The van der Waals surface area contributed by atoms with Crippen LogP contribution in [0.4, 0.5) is 11.4 Å². The molecule has 1 saturated carbocycles. The number of anilines is 1. The van der Waals surface area contributed by atoms with Crippen LogP contribution in [0.5, 0.6) is 0 Å². The van der Waals surface area contributed by atoms with Crippen LogP contribution in [-0.2, 0) is 6.42 Å².